The van der Waals surface area contributed by atoms with E-state index >= 15 is 0 Å². The maximum Gasteiger partial charge on any atom is 0.254 e. The predicted molar refractivity (Wildman–Crippen MR) is 130 cm³/mol. The van der Waals surface area contributed by atoms with E-state index < -0.39 is 0 Å². The third-order valence-corrected chi connectivity index (χ3v) is 5.49. The maximum absolute atomic E-state index is 13.5. The van der Waals surface area contributed by atoms with Gasteiger partial charge in [-0.15, -0.1) is 0 Å². The highest BCUT2D eigenvalue weighted by Crippen LogP contribution is 2.24. The number of hydrogen-bond donors (Lipinski definition) is 0. The van der Waals surface area contributed by atoms with Gasteiger partial charge in [0.1, 0.15) is 35.4 Å². The molecule has 0 aliphatic carbocycles. The summed E-state index contributed by atoms with van der Waals surface area (Å²) in [6.07, 6.45) is 0.676. The molecule has 0 saturated carbocycles. The minimum absolute atomic E-state index is 0.118. The van der Waals surface area contributed by atoms with Gasteiger partial charge in [-0.2, -0.15) is 0 Å². The average Bonchev–Trinajstić information content (AvgIpc) is 3.28. The van der Waals surface area contributed by atoms with Gasteiger partial charge in [0.2, 0.25) is 5.91 Å². The number of nitrogens with zero attached hydrogens (tertiary/aromatic N) is 2. The molecule has 2 aromatic carbocycles. The van der Waals surface area contributed by atoms with Crippen LogP contribution < -0.4 is 9.47 Å². The molecule has 35 heavy (non-hydrogen) atoms. The van der Waals surface area contributed by atoms with E-state index in [0.717, 1.165) is 11.3 Å². The Morgan fingerprint density at radius 2 is 1.57 bits per heavy atom. The fourth-order valence-corrected chi connectivity index (χ4v) is 3.70. The number of carbonyl (C=O) groups excluding carboxylic acids is 2. The third kappa shape index (κ3) is 7.09. The molecule has 186 valence electrons. The van der Waals surface area contributed by atoms with Gasteiger partial charge in [0, 0.05) is 24.7 Å². The first-order chi connectivity index (χ1) is 16.8. The summed E-state index contributed by atoms with van der Waals surface area (Å²) >= 11 is 0. The Bertz CT molecular complexity index is 1120. The zero-order chi connectivity index (χ0) is 25.4. The van der Waals surface area contributed by atoms with Crippen LogP contribution in [0.1, 0.15) is 40.8 Å². The first-order valence-corrected chi connectivity index (χ1v) is 11.4. The van der Waals surface area contributed by atoms with Crippen LogP contribution in [-0.2, 0) is 17.9 Å². The van der Waals surface area contributed by atoms with Crippen molar-refractivity contribution in [2.24, 2.45) is 0 Å². The lowest BCUT2D eigenvalue weighted by Gasteiger charge is -2.27. The SMILES string of the molecule is CCCN(CC(=O)N(Cc1ccc(F)cc1)Cc1ccc(C)o1)C(=O)c1cc(OC)cc(OC)c1. The van der Waals surface area contributed by atoms with Crippen molar-refractivity contribution in [3.05, 3.63) is 83.1 Å². The van der Waals surface area contributed by atoms with Crippen molar-refractivity contribution in [1.82, 2.24) is 9.80 Å². The van der Waals surface area contributed by atoms with Gasteiger partial charge in [-0.1, -0.05) is 19.1 Å². The van der Waals surface area contributed by atoms with Crippen LogP contribution in [0.5, 0.6) is 11.5 Å². The van der Waals surface area contributed by atoms with Crippen LogP contribution in [0.15, 0.2) is 59.0 Å². The smallest absolute Gasteiger partial charge is 0.254 e. The fraction of sp³-hybridized carbons (Fsp3) is 0.333. The normalized spacial score (nSPS) is 10.7. The summed E-state index contributed by atoms with van der Waals surface area (Å²) in [7, 11) is 3.03. The van der Waals surface area contributed by atoms with E-state index in [-0.39, 0.29) is 37.3 Å². The molecule has 0 bridgehead atoms. The van der Waals surface area contributed by atoms with E-state index in [2.05, 4.69) is 0 Å². The van der Waals surface area contributed by atoms with Crippen LogP contribution in [0, 0.1) is 12.7 Å². The van der Waals surface area contributed by atoms with Crippen molar-refractivity contribution >= 4 is 11.8 Å². The highest BCUT2D eigenvalue weighted by Gasteiger charge is 2.24. The minimum Gasteiger partial charge on any atom is -0.497 e. The lowest BCUT2D eigenvalue weighted by atomic mass is 10.1. The monoisotopic (exact) mass is 482 g/mol. The van der Waals surface area contributed by atoms with E-state index in [1.807, 2.05) is 26.0 Å². The van der Waals surface area contributed by atoms with Crippen LogP contribution >= 0.6 is 0 Å². The van der Waals surface area contributed by atoms with Crippen LogP contribution in [-0.4, -0.2) is 48.9 Å². The van der Waals surface area contributed by atoms with Crippen molar-refractivity contribution in [3.8, 4) is 11.5 Å². The van der Waals surface area contributed by atoms with Crippen molar-refractivity contribution < 1.29 is 27.9 Å². The Balaban J connectivity index is 1.84. The minimum atomic E-state index is -0.346. The Hall–Kier alpha value is -3.81. The number of aryl methyl sites for hydroxylation is 1. The topological polar surface area (TPSA) is 72.2 Å². The van der Waals surface area contributed by atoms with Crippen LogP contribution in [0.4, 0.5) is 4.39 Å². The highest BCUT2D eigenvalue weighted by atomic mass is 19.1. The second-order valence-corrected chi connectivity index (χ2v) is 8.22. The number of furan rings is 1. The standard InChI is InChI=1S/C27H31FN2O5/c1-5-12-29(27(32)21-13-24(33-3)15-25(14-21)34-4)18-26(31)30(17-23-11-6-19(2)35-23)16-20-7-9-22(28)10-8-20/h6-11,13-15H,5,12,16-18H2,1-4H3. The molecule has 8 heteroatoms. The Morgan fingerprint density at radius 1 is 0.914 bits per heavy atom. The fourth-order valence-electron chi connectivity index (χ4n) is 3.70. The molecule has 3 rings (SSSR count). The molecule has 1 heterocycles. The van der Waals surface area contributed by atoms with E-state index in [0.29, 0.717) is 35.8 Å². The molecule has 0 aliphatic rings. The second kappa shape index (κ2) is 12.1. The summed E-state index contributed by atoms with van der Waals surface area (Å²) in [6.45, 7) is 4.53. The van der Waals surface area contributed by atoms with Crippen LogP contribution in [0.3, 0.4) is 0 Å². The maximum atomic E-state index is 13.5. The summed E-state index contributed by atoms with van der Waals surface area (Å²) in [5.74, 6) is 1.45. The number of hydrogen-bond acceptors (Lipinski definition) is 5. The van der Waals surface area contributed by atoms with E-state index in [1.54, 1.807) is 35.2 Å². The number of halogens is 1. The number of methoxy groups -OCH3 is 2. The number of carbonyl (C=O) groups is 2. The van der Waals surface area contributed by atoms with E-state index in [1.165, 1.54) is 31.3 Å². The largest absolute Gasteiger partial charge is 0.497 e. The molecule has 3 aromatic rings. The summed E-state index contributed by atoms with van der Waals surface area (Å²) < 4.78 is 29.6. The summed E-state index contributed by atoms with van der Waals surface area (Å²) in [4.78, 5) is 30.0. The number of amides is 2. The highest BCUT2D eigenvalue weighted by molar-refractivity contribution is 5.97. The molecule has 0 radical (unpaired) electrons. The molecule has 2 amide bonds. The molecule has 0 saturated heterocycles. The van der Waals surface area contributed by atoms with Crippen LogP contribution in [0.25, 0.3) is 0 Å². The Morgan fingerprint density at radius 3 is 2.11 bits per heavy atom. The van der Waals surface area contributed by atoms with Gasteiger partial charge in [0.25, 0.3) is 5.91 Å². The van der Waals surface area contributed by atoms with Gasteiger partial charge in [-0.3, -0.25) is 9.59 Å². The molecule has 0 fully saturated rings. The van der Waals surface area contributed by atoms with Gasteiger partial charge in [-0.25, -0.2) is 4.39 Å². The Kier molecular flexibility index (Phi) is 8.89. The van der Waals surface area contributed by atoms with Gasteiger partial charge in [0.15, 0.2) is 0 Å². The van der Waals surface area contributed by atoms with Crippen molar-refractivity contribution in [3.63, 3.8) is 0 Å². The molecular weight excluding hydrogens is 451 g/mol. The first kappa shape index (κ1) is 25.8. The lowest BCUT2D eigenvalue weighted by Crippen LogP contribution is -2.42. The summed E-state index contributed by atoms with van der Waals surface area (Å²) in [5.41, 5.74) is 1.14. The zero-order valence-electron chi connectivity index (χ0n) is 20.5. The van der Waals surface area contributed by atoms with Crippen molar-refractivity contribution in [1.29, 1.82) is 0 Å². The summed E-state index contributed by atoms with van der Waals surface area (Å²) in [5, 5.41) is 0. The van der Waals surface area contributed by atoms with Gasteiger partial charge >= 0.3 is 0 Å². The quantitative estimate of drug-likeness (QED) is 0.392. The number of benzene rings is 2. The van der Waals surface area contributed by atoms with Crippen molar-refractivity contribution in [2.75, 3.05) is 27.3 Å². The lowest BCUT2D eigenvalue weighted by molar-refractivity contribution is -0.133. The molecule has 0 aliphatic heterocycles. The van der Waals surface area contributed by atoms with Gasteiger partial charge < -0.3 is 23.7 Å². The third-order valence-electron chi connectivity index (χ3n) is 5.49. The van der Waals surface area contributed by atoms with Crippen molar-refractivity contribution in [2.45, 2.75) is 33.4 Å². The molecule has 0 unspecified atom stereocenters. The summed E-state index contributed by atoms with van der Waals surface area (Å²) in [6, 6.07) is 14.6. The van der Waals surface area contributed by atoms with Crippen LogP contribution in [0.2, 0.25) is 0 Å². The van der Waals surface area contributed by atoms with Gasteiger partial charge in [-0.05, 0) is 55.3 Å². The molecular formula is C27H31FN2O5. The second-order valence-electron chi connectivity index (χ2n) is 8.22. The molecule has 7 nitrogen and oxygen atoms in total. The zero-order valence-corrected chi connectivity index (χ0v) is 20.5. The van der Waals surface area contributed by atoms with E-state index in [4.69, 9.17) is 13.9 Å². The van der Waals surface area contributed by atoms with Gasteiger partial charge in [0.05, 0.1) is 20.8 Å². The number of ether oxygens (including phenoxy) is 2. The Labute approximate surface area is 205 Å². The predicted octanol–water partition coefficient (Wildman–Crippen LogP) is 4.83. The molecule has 0 N–H and O–H groups in total. The molecule has 0 atom stereocenters. The molecule has 1 aromatic heterocycles. The van der Waals surface area contributed by atoms with E-state index in [9.17, 15) is 14.0 Å². The first-order valence-electron chi connectivity index (χ1n) is 11.4. The average molecular weight is 483 g/mol. The number of rotatable bonds is 11. The molecule has 0 spiro atoms.